The normalized spacial score (nSPS) is 41.5. The molecule has 1 aliphatic heterocycles. The van der Waals surface area contributed by atoms with Crippen molar-refractivity contribution in [1.82, 2.24) is 0 Å². The van der Waals surface area contributed by atoms with E-state index in [1.54, 1.807) is 0 Å². The second-order valence-electron chi connectivity index (χ2n) is 24.4. The SMILES string of the molecule is CCC(C)(C)C(=O)OC(C)(C)C1C2CC3OC(=O)C1C3C2.CCC(C)(C)C(=O)OC1(CC)C2CC3CC(C2)CC1C3.CCC(C)(C)C(=O)OC12CC3CC(CC(O)(C3)C1)C2. The Kier molecular flexibility index (Phi) is 12.1. The Hall–Kier alpha value is -2.16. The molecule has 0 amide bonds. The summed E-state index contributed by atoms with van der Waals surface area (Å²) >= 11 is 0. The Morgan fingerprint density at radius 2 is 1.13 bits per heavy atom. The number of hydrogen-bond acceptors (Lipinski definition) is 9. The van der Waals surface area contributed by atoms with E-state index in [0.717, 1.165) is 76.0 Å². The van der Waals surface area contributed by atoms with E-state index in [1.807, 2.05) is 69.2 Å². The predicted molar refractivity (Wildman–Crippen MR) is 230 cm³/mol. The molecule has 60 heavy (non-hydrogen) atoms. The first-order chi connectivity index (χ1) is 27.8. The van der Waals surface area contributed by atoms with Crippen molar-refractivity contribution in [2.75, 3.05) is 0 Å². The van der Waals surface area contributed by atoms with Crippen molar-refractivity contribution in [1.29, 1.82) is 0 Å². The smallest absolute Gasteiger partial charge is 0.312 e. The average Bonchev–Trinajstić information content (AvgIpc) is 3.79. The van der Waals surface area contributed by atoms with Crippen LogP contribution in [0, 0.1) is 75.4 Å². The lowest BCUT2D eigenvalue weighted by molar-refractivity contribution is -0.225. The van der Waals surface area contributed by atoms with Gasteiger partial charge in [0, 0.05) is 18.3 Å². The van der Waals surface area contributed by atoms with Crippen LogP contribution in [0.25, 0.3) is 0 Å². The third kappa shape index (κ3) is 8.23. The number of carbonyl (C=O) groups excluding carboxylic acids is 4. The maximum Gasteiger partial charge on any atom is 0.312 e. The van der Waals surface area contributed by atoms with Crippen LogP contribution in [-0.2, 0) is 38.1 Å². The molecule has 11 aliphatic rings. The van der Waals surface area contributed by atoms with Gasteiger partial charge in [-0.1, -0.05) is 27.7 Å². The van der Waals surface area contributed by atoms with Gasteiger partial charge in [0.05, 0.1) is 27.8 Å². The Morgan fingerprint density at radius 3 is 1.62 bits per heavy atom. The second-order valence-corrected chi connectivity index (χ2v) is 24.4. The topological polar surface area (TPSA) is 125 Å². The molecule has 0 radical (unpaired) electrons. The lowest BCUT2D eigenvalue weighted by Gasteiger charge is -2.60. The quantitative estimate of drug-likeness (QED) is 0.160. The van der Waals surface area contributed by atoms with Crippen molar-refractivity contribution in [3.63, 3.8) is 0 Å². The van der Waals surface area contributed by atoms with Gasteiger partial charge < -0.3 is 24.1 Å². The standard InChI is InChI=1S/C18H30O2.C17H26O4.C16H26O3/c1-5-17(3,4)16(19)20-18(6-2)14-8-12-7-13(10-14)11-15(18)9-12;1-6-16(2,3)15(19)21-17(4,5)13-9-7-10-11(8-9)20-14(18)12(10)13;1-4-14(2,3)13(17)19-16-8-11-5-12(9-16)7-15(18,6-11)10-16/h12-15H,5-11H2,1-4H3;9-13H,6-8H2,1-5H3;11-12,18H,4-10H2,1-3H3. The minimum Gasteiger partial charge on any atom is -0.462 e. The number of fused-ring (bicyclic) bond motifs is 1. The lowest BCUT2D eigenvalue weighted by Crippen LogP contribution is -2.61. The molecule has 11 rings (SSSR count). The molecule has 0 aromatic heterocycles. The summed E-state index contributed by atoms with van der Waals surface area (Å²) in [4.78, 5) is 49.6. The summed E-state index contributed by atoms with van der Waals surface area (Å²) in [6.07, 6.45) is 17.8. The van der Waals surface area contributed by atoms with Crippen LogP contribution in [0.3, 0.4) is 0 Å². The number of hydrogen-bond donors (Lipinski definition) is 1. The van der Waals surface area contributed by atoms with Gasteiger partial charge in [-0.15, -0.1) is 0 Å². The molecule has 0 aromatic rings. The molecule has 10 saturated carbocycles. The number of aliphatic hydroxyl groups is 1. The molecule has 10 aliphatic carbocycles. The molecule has 1 heterocycles. The maximum atomic E-state index is 12.6. The summed E-state index contributed by atoms with van der Waals surface area (Å²) in [5.74, 6) is 4.79. The van der Waals surface area contributed by atoms with Gasteiger partial charge in [-0.05, 0) is 200 Å². The molecular formula is C51H82O9. The van der Waals surface area contributed by atoms with E-state index in [2.05, 4.69) is 13.8 Å². The summed E-state index contributed by atoms with van der Waals surface area (Å²) in [6, 6.07) is 0. The van der Waals surface area contributed by atoms with E-state index in [1.165, 1.54) is 38.5 Å². The molecule has 1 saturated heterocycles. The third-order valence-electron chi connectivity index (χ3n) is 18.6. The fourth-order valence-electron chi connectivity index (χ4n) is 14.6. The fourth-order valence-corrected chi connectivity index (χ4v) is 14.6. The first-order valence-corrected chi connectivity index (χ1v) is 24.5. The van der Waals surface area contributed by atoms with Gasteiger partial charge in [0.1, 0.15) is 22.9 Å². The monoisotopic (exact) mass is 839 g/mol. The molecule has 9 heteroatoms. The van der Waals surface area contributed by atoms with Crippen LogP contribution in [0.2, 0.25) is 0 Å². The van der Waals surface area contributed by atoms with Crippen molar-refractivity contribution >= 4 is 23.9 Å². The summed E-state index contributed by atoms with van der Waals surface area (Å²) < 4.78 is 23.6. The molecule has 9 nitrogen and oxygen atoms in total. The van der Waals surface area contributed by atoms with Crippen LogP contribution < -0.4 is 0 Å². The highest BCUT2D eigenvalue weighted by atomic mass is 16.6. The van der Waals surface area contributed by atoms with Gasteiger partial charge in [0.15, 0.2) is 0 Å². The van der Waals surface area contributed by atoms with Crippen LogP contribution in [-0.4, -0.2) is 57.5 Å². The van der Waals surface area contributed by atoms with Gasteiger partial charge >= 0.3 is 23.9 Å². The second kappa shape index (κ2) is 15.8. The molecule has 7 atom stereocenters. The zero-order valence-electron chi connectivity index (χ0n) is 39.6. The molecule has 11 fully saturated rings. The molecular weight excluding hydrogens is 757 g/mol. The Labute approximate surface area is 362 Å². The van der Waals surface area contributed by atoms with E-state index in [0.29, 0.717) is 41.9 Å². The Morgan fingerprint density at radius 1 is 0.650 bits per heavy atom. The van der Waals surface area contributed by atoms with E-state index >= 15 is 0 Å². The molecule has 1 N–H and O–H groups in total. The molecule has 7 unspecified atom stereocenters. The number of ether oxygens (including phenoxy) is 4. The minimum absolute atomic E-state index is 0.0364. The van der Waals surface area contributed by atoms with Gasteiger partial charge in [0.2, 0.25) is 0 Å². The van der Waals surface area contributed by atoms with E-state index in [9.17, 15) is 24.3 Å². The highest BCUT2D eigenvalue weighted by molar-refractivity contribution is 5.79. The van der Waals surface area contributed by atoms with Crippen molar-refractivity contribution in [2.24, 2.45) is 75.4 Å². The number of carbonyl (C=O) groups is 4. The minimum atomic E-state index is -0.609. The van der Waals surface area contributed by atoms with Crippen molar-refractivity contribution in [3.05, 3.63) is 0 Å². The van der Waals surface area contributed by atoms with Crippen LogP contribution in [0.4, 0.5) is 0 Å². The van der Waals surface area contributed by atoms with Crippen molar-refractivity contribution in [3.8, 4) is 0 Å². The zero-order valence-corrected chi connectivity index (χ0v) is 39.6. The van der Waals surface area contributed by atoms with Crippen molar-refractivity contribution in [2.45, 2.75) is 221 Å². The van der Waals surface area contributed by atoms with Crippen LogP contribution in [0.1, 0.15) is 192 Å². The molecule has 0 spiro atoms. The molecule has 10 bridgehead atoms. The average molecular weight is 839 g/mol. The largest absolute Gasteiger partial charge is 0.462 e. The van der Waals surface area contributed by atoms with Crippen molar-refractivity contribution < 1.29 is 43.2 Å². The van der Waals surface area contributed by atoms with Gasteiger partial charge in [-0.2, -0.15) is 0 Å². The number of rotatable bonds is 11. The van der Waals surface area contributed by atoms with Crippen LogP contribution in [0.15, 0.2) is 0 Å². The Bertz CT molecular complexity index is 1610. The van der Waals surface area contributed by atoms with Gasteiger partial charge in [-0.3, -0.25) is 19.2 Å². The summed E-state index contributed by atoms with van der Waals surface area (Å²) in [5.41, 5.74) is -2.88. The van der Waals surface area contributed by atoms with Crippen LogP contribution in [0.5, 0.6) is 0 Å². The van der Waals surface area contributed by atoms with E-state index in [-0.39, 0.29) is 58.4 Å². The van der Waals surface area contributed by atoms with Crippen LogP contribution >= 0.6 is 0 Å². The Balaban J connectivity index is 0.000000136. The lowest BCUT2D eigenvalue weighted by atomic mass is 9.49. The van der Waals surface area contributed by atoms with E-state index < -0.39 is 22.0 Å². The van der Waals surface area contributed by atoms with E-state index in [4.69, 9.17) is 18.9 Å². The zero-order chi connectivity index (χ0) is 44.0. The molecule has 0 aromatic carbocycles. The maximum absolute atomic E-state index is 12.6. The molecule has 340 valence electrons. The summed E-state index contributed by atoms with van der Waals surface area (Å²) in [6.45, 7) is 24.0. The first-order valence-electron chi connectivity index (χ1n) is 24.5. The summed E-state index contributed by atoms with van der Waals surface area (Å²) in [7, 11) is 0. The highest BCUT2D eigenvalue weighted by Crippen LogP contribution is 2.63. The predicted octanol–water partition coefficient (Wildman–Crippen LogP) is 10.6. The fraction of sp³-hybridized carbons (Fsp3) is 0.922. The first kappa shape index (κ1) is 45.9. The number of esters is 4. The van der Waals surface area contributed by atoms with Gasteiger partial charge in [-0.25, -0.2) is 0 Å². The van der Waals surface area contributed by atoms with Gasteiger partial charge in [0.25, 0.3) is 0 Å². The third-order valence-corrected chi connectivity index (χ3v) is 18.6. The highest BCUT2D eigenvalue weighted by Gasteiger charge is 2.66. The summed E-state index contributed by atoms with van der Waals surface area (Å²) in [5, 5.41) is 10.6.